The Morgan fingerprint density at radius 2 is 1.65 bits per heavy atom. The van der Waals surface area contributed by atoms with E-state index in [1.807, 2.05) is 18.5 Å². The van der Waals surface area contributed by atoms with Gasteiger partial charge in [-0.2, -0.15) is 0 Å². The topological polar surface area (TPSA) is 29.0 Å². The lowest BCUT2D eigenvalue weighted by Crippen LogP contribution is -2.40. The van der Waals surface area contributed by atoms with Crippen LogP contribution in [0.25, 0.3) is 0 Å². The van der Waals surface area contributed by atoms with Gasteiger partial charge in [0, 0.05) is 23.9 Å². The second kappa shape index (κ2) is 6.16. The van der Waals surface area contributed by atoms with Crippen LogP contribution < -0.4 is 0 Å². The molecule has 1 saturated carbocycles. The van der Waals surface area contributed by atoms with Crippen LogP contribution in [-0.2, 0) is 5.41 Å². The van der Waals surface area contributed by atoms with Crippen LogP contribution in [0, 0.1) is 17.3 Å². The highest BCUT2D eigenvalue weighted by Gasteiger charge is 2.46. The molecule has 1 saturated heterocycles. The smallest absolute Gasteiger partial charge is 0.133 e. The molecule has 1 aliphatic heterocycles. The van der Waals surface area contributed by atoms with Crippen LogP contribution in [0.15, 0.2) is 18.5 Å². The summed E-state index contributed by atoms with van der Waals surface area (Å²) in [5, 5.41) is 0. The molecule has 0 spiro atoms. The Kier molecular flexibility index (Phi) is 4.52. The van der Waals surface area contributed by atoms with E-state index in [2.05, 4.69) is 49.5 Å². The number of hydrogen-bond donors (Lipinski definition) is 0. The molecular formula is C20H33N3. The summed E-state index contributed by atoms with van der Waals surface area (Å²) in [6.45, 7) is 14.4. The van der Waals surface area contributed by atoms with Crippen molar-refractivity contribution in [1.29, 1.82) is 0 Å². The number of rotatable bonds is 4. The standard InChI is InChI=1S/C20H33N3/c1-19(2,3)16-7-11-23(12-8-16)17-13-15(17)14-20(4,5)18-21-9-6-10-22-18/h6,9-10,15-17H,7-8,11-14H2,1-5H3. The van der Waals surface area contributed by atoms with Crippen LogP contribution in [-0.4, -0.2) is 34.0 Å². The van der Waals surface area contributed by atoms with Gasteiger partial charge in [-0.25, -0.2) is 9.97 Å². The molecule has 2 heterocycles. The molecule has 1 aliphatic carbocycles. The molecule has 1 aromatic heterocycles. The Labute approximate surface area is 141 Å². The van der Waals surface area contributed by atoms with Crippen molar-refractivity contribution in [2.75, 3.05) is 13.1 Å². The van der Waals surface area contributed by atoms with E-state index >= 15 is 0 Å². The molecule has 1 aromatic rings. The zero-order valence-corrected chi connectivity index (χ0v) is 15.5. The molecule has 0 N–H and O–H groups in total. The number of aromatic nitrogens is 2. The highest BCUT2D eigenvalue weighted by Crippen LogP contribution is 2.46. The maximum absolute atomic E-state index is 4.48. The molecule has 2 atom stereocenters. The van der Waals surface area contributed by atoms with Gasteiger partial charge in [0.25, 0.3) is 0 Å². The molecule has 0 bridgehead atoms. The summed E-state index contributed by atoms with van der Waals surface area (Å²) in [7, 11) is 0. The van der Waals surface area contributed by atoms with E-state index in [-0.39, 0.29) is 5.41 Å². The molecule has 0 aromatic carbocycles. The van der Waals surface area contributed by atoms with E-state index in [0.717, 1.165) is 23.7 Å². The van der Waals surface area contributed by atoms with Crippen LogP contribution in [0.4, 0.5) is 0 Å². The number of hydrogen-bond acceptors (Lipinski definition) is 3. The van der Waals surface area contributed by atoms with Gasteiger partial charge in [-0.15, -0.1) is 0 Å². The molecule has 3 nitrogen and oxygen atoms in total. The largest absolute Gasteiger partial charge is 0.300 e. The Balaban J connectivity index is 1.51. The third-order valence-electron chi connectivity index (χ3n) is 6.05. The minimum absolute atomic E-state index is 0.0877. The van der Waals surface area contributed by atoms with Crippen molar-refractivity contribution in [3.63, 3.8) is 0 Å². The zero-order chi connectivity index (χ0) is 16.7. The van der Waals surface area contributed by atoms with Gasteiger partial charge in [0.2, 0.25) is 0 Å². The maximum Gasteiger partial charge on any atom is 0.133 e. The minimum atomic E-state index is 0.0877. The Hall–Kier alpha value is -0.960. The fourth-order valence-electron chi connectivity index (χ4n) is 4.39. The zero-order valence-electron chi connectivity index (χ0n) is 15.5. The van der Waals surface area contributed by atoms with Crippen molar-refractivity contribution in [2.45, 2.75) is 71.8 Å². The summed E-state index contributed by atoms with van der Waals surface area (Å²) in [4.78, 5) is 11.7. The molecular weight excluding hydrogens is 282 g/mol. The molecule has 0 radical (unpaired) electrons. The predicted octanol–water partition coefficient (Wildman–Crippen LogP) is 4.29. The molecule has 23 heavy (non-hydrogen) atoms. The summed E-state index contributed by atoms with van der Waals surface area (Å²) in [6, 6.07) is 2.72. The molecule has 128 valence electrons. The van der Waals surface area contributed by atoms with Gasteiger partial charge in [-0.05, 0) is 62.1 Å². The number of nitrogens with zero attached hydrogens (tertiary/aromatic N) is 3. The molecule has 3 heteroatoms. The average Bonchev–Trinajstić information content (AvgIpc) is 3.26. The first-order valence-electron chi connectivity index (χ1n) is 9.29. The van der Waals surface area contributed by atoms with Crippen molar-refractivity contribution < 1.29 is 0 Å². The second-order valence-electron chi connectivity index (χ2n) is 9.40. The first-order chi connectivity index (χ1) is 10.8. The van der Waals surface area contributed by atoms with Crippen LogP contribution in [0.1, 0.15) is 66.1 Å². The Bertz CT molecular complexity index is 509. The summed E-state index contributed by atoms with van der Waals surface area (Å²) < 4.78 is 0. The summed E-state index contributed by atoms with van der Waals surface area (Å²) >= 11 is 0. The van der Waals surface area contributed by atoms with Gasteiger partial charge in [0.1, 0.15) is 5.82 Å². The van der Waals surface area contributed by atoms with Crippen LogP contribution >= 0.6 is 0 Å². The first-order valence-corrected chi connectivity index (χ1v) is 9.29. The van der Waals surface area contributed by atoms with Crippen molar-refractivity contribution >= 4 is 0 Å². The van der Waals surface area contributed by atoms with E-state index in [1.165, 1.54) is 38.8 Å². The Morgan fingerprint density at radius 3 is 2.22 bits per heavy atom. The van der Waals surface area contributed by atoms with E-state index in [4.69, 9.17) is 0 Å². The number of likely N-dealkylation sites (tertiary alicyclic amines) is 1. The monoisotopic (exact) mass is 315 g/mol. The van der Waals surface area contributed by atoms with E-state index in [1.54, 1.807) is 0 Å². The van der Waals surface area contributed by atoms with Gasteiger partial charge >= 0.3 is 0 Å². The van der Waals surface area contributed by atoms with E-state index in [0.29, 0.717) is 5.41 Å². The minimum Gasteiger partial charge on any atom is -0.300 e. The lowest BCUT2D eigenvalue weighted by molar-refractivity contribution is 0.103. The van der Waals surface area contributed by atoms with E-state index in [9.17, 15) is 0 Å². The third kappa shape index (κ3) is 3.93. The van der Waals surface area contributed by atoms with Crippen LogP contribution in [0.3, 0.4) is 0 Å². The lowest BCUT2D eigenvalue weighted by Gasteiger charge is -2.39. The quantitative estimate of drug-likeness (QED) is 0.830. The van der Waals surface area contributed by atoms with Crippen LogP contribution in [0.5, 0.6) is 0 Å². The van der Waals surface area contributed by atoms with Gasteiger partial charge in [-0.1, -0.05) is 34.6 Å². The van der Waals surface area contributed by atoms with Gasteiger partial charge in [-0.3, -0.25) is 0 Å². The summed E-state index contributed by atoms with van der Waals surface area (Å²) in [5.74, 6) is 2.72. The normalized spacial score (nSPS) is 27.2. The van der Waals surface area contributed by atoms with E-state index < -0.39 is 0 Å². The highest BCUT2D eigenvalue weighted by atomic mass is 15.2. The maximum atomic E-state index is 4.48. The highest BCUT2D eigenvalue weighted by molar-refractivity contribution is 5.09. The lowest BCUT2D eigenvalue weighted by atomic mass is 9.75. The molecule has 0 amide bonds. The van der Waals surface area contributed by atoms with Gasteiger partial charge in [0.05, 0.1) is 0 Å². The van der Waals surface area contributed by atoms with Crippen molar-refractivity contribution in [3.8, 4) is 0 Å². The fraction of sp³-hybridized carbons (Fsp3) is 0.800. The first kappa shape index (κ1) is 16.9. The third-order valence-corrected chi connectivity index (χ3v) is 6.05. The number of piperidine rings is 1. The SMILES string of the molecule is CC(C)(CC1CC1N1CCC(C(C)(C)C)CC1)c1ncccn1. The molecule has 2 aliphatic rings. The fourth-order valence-corrected chi connectivity index (χ4v) is 4.39. The second-order valence-corrected chi connectivity index (χ2v) is 9.40. The molecule has 3 rings (SSSR count). The Morgan fingerprint density at radius 1 is 1.04 bits per heavy atom. The van der Waals surface area contributed by atoms with Crippen molar-refractivity contribution in [2.24, 2.45) is 17.3 Å². The average molecular weight is 316 g/mol. The van der Waals surface area contributed by atoms with Crippen molar-refractivity contribution in [3.05, 3.63) is 24.3 Å². The van der Waals surface area contributed by atoms with Crippen molar-refractivity contribution in [1.82, 2.24) is 14.9 Å². The predicted molar refractivity (Wildman–Crippen MR) is 95.3 cm³/mol. The molecule has 2 fully saturated rings. The van der Waals surface area contributed by atoms with Crippen LogP contribution in [0.2, 0.25) is 0 Å². The molecule has 2 unspecified atom stereocenters. The van der Waals surface area contributed by atoms with Gasteiger partial charge in [0.15, 0.2) is 0 Å². The summed E-state index contributed by atoms with van der Waals surface area (Å²) in [5.41, 5.74) is 0.562. The van der Waals surface area contributed by atoms with Gasteiger partial charge < -0.3 is 4.90 Å². The summed E-state index contributed by atoms with van der Waals surface area (Å²) in [6.07, 6.45) is 9.06.